The van der Waals surface area contributed by atoms with Crippen molar-refractivity contribution in [2.24, 2.45) is 10.9 Å². The lowest BCUT2D eigenvalue weighted by atomic mass is 10.0. The number of piperidine rings is 1. The van der Waals surface area contributed by atoms with Crippen LogP contribution in [0.5, 0.6) is 0 Å². The summed E-state index contributed by atoms with van der Waals surface area (Å²) in [5.41, 5.74) is 5.42. The normalized spacial score (nSPS) is 27.4. The van der Waals surface area contributed by atoms with Gasteiger partial charge in [0.1, 0.15) is 0 Å². The molecule has 0 radical (unpaired) electrons. The molecular formula is C8H17N3O. The zero-order valence-electron chi connectivity index (χ0n) is 7.53. The fraction of sp³-hybridized carbons (Fsp3) is 0.875. The molecule has 0 aromatic heterocycles. The SMILES string of the molecule is C[C@H]1CCCCN1C/C(N)=N\O. The van der Waals surface area contributed by atoms with E-state index < -0.39 is 0 Å². The van der Waals surface area contributed by atoms with Gasteiger partial charge in [-0.25, -0.2) is 0 Å². The molecule has 0 aliphatic carbocycles. The molecule has 0 aromatic carbocycles. The first-order valence-corrected chi connectivity index (χ1v) is 4.44. The molecule has 0 aromatic rings. The first kappa shape index (κ1) is 9.32. The van der Waals surface area contributed by atoms with E-state index in [1.54, 1.807) is 0 Å². The van der Waals surface area contributed by atoms with Gasteiger partial charge >= 0.3 is 0 Å². The molecular weight excluding hydrogens is 154 g/mol. The smallest absolute Gasteiger partial charge is 0.153 e. The summed E-state index contributed by atoms with van der Waals surface area (Å²) in [6.07, 6.45) is 3.75. The average molecular weight is 171 g/mol. The number of hydrogen-bond donors (Lipinski definition) is 2. The van der Waals surface area contributed by atoms with Crippen LogP contribution in [0.25, 0.3) is 0 Å². The number of rotatable bonds is 2. The van der Waals surface area contributed by atoms with Crippen LogP contribution >= 0.6 is 0 Å². The maximum Gasteiger partial charge on any atom is 0.153 e. The minimum atomic E-state index is 0.309. The molecule has 70 valence electrons. The molecule has 1 rings (SSSR count). The van der Waals surface area contributed by atoms with E-state index in [9.17, 15) is 0 Å². The van der Waals surface area contributed by atoms with Crippen molar-refractivity contribution >= 4 is 5.84 Å². The molecule has 3 N–H and O–H groups in total. The van der Waals surface area contributed by atoms with Crippen LogP contribution in [0.3, 0.4) is 0 Å². The molecule has 0 amide bonds. The Morgan fingerprint density at radius 1 is 1.67 bits per heavy atom. The van der Waals surface area contributed by atoms with E-state index in [1.165, 1.54) is 19.3 Å². The lowest BCUT2D eigenvalue weighted by Gasteiger charge is -2.32. The molecule has 1 heterocycles. The quantitative estimate of drug-likeness (QED) is 0.277. The van der Waals surface area contributed by atoms with Crippen LogP contribution in [0, 0.1) is 0 Å². The summed E-state index contributed by atoms with van der Waals surface area (Å²) >= 11 is 0. The van der Waals surface area contributed by atoms with Crippen molar-refractivity contribution in [2.45, 2.75) is 32.2 Å². The largest absolute Gasteiger partial charge is 0.409 e. The zero-order chi connectivity index (χ0) is 8.97. The Hall–Kier alpha value is -0.770. The molecule has 1 aliphatic rings. The summed E-state index contributed by atoms with van der Waals surface area (Å²) in [6.45, 7) is 3.85. The summed E-state index contributed by atoms with van der Waals surface area (Å²) in [7, 11) is 0. The van der Waals surface area contributed by atoms with Crippen molar-refractivity contribution in [3.05, 3.63) is 0 Å². The van der Waals surface area contributed by atoms with Crippen LogP contribution in [0.4, 0.5) is 0 Å². The highest BCUT2D eigenvalue weighted by atomic mass is 16.4. The van der Waals surface area contributed by atoms with E-state index in [2.05, 4.69) is 17.0 Å². The molecule has 4 nitrogen and oxygen atoms in total. The van der Waals surface area contributed by atoms with Crippen molar-refractivity contribution in [3.63, 3.8) is 0 Å². The number of nitrogens with two attached hydrogens (primary N) is 1. The average Bonchev–Trinajstić information content (AvgIpc) is 2.09. The maximum absolute atomic E-state index is 8.39. The van der Waals surface area contributed by atoms with Crippen molar-refractivity contribution in [1.29, 1.82) is 0 Å². The van der Waals surface area contributed by atoms with E-state index in [1.807, 2.05) is 0 Å². The Morgan fingerprint density at radius 2 is 2.42 bits per heavy atom. The standard InChI is InChI=1S/C8H17N3O/c1-7-4-2-3-5-11(7)6-8(9)10-12/h7,12H,2-6H2,1H3,(H2,9,10)/t7-/m0/s1. The highest BCUT2D eigenvalue weighted by molar-refractivity contribution is 5.81. The van der Waals surface area contributed by atoms with Gasteiger partial charge in [-0.15, -0.1) is 0 Å². The van der Waals surface area contributed by atoms with Crippen LogP contribution in [0.1, 0.15) is 26.2 Å². The number of hydrogen-bond acceptors (Lipinski definition) is 3. The van der Waals surface area contributed by atoms with Gasteiger partial charge in [0.25, 0.3) is 0 Å². The van der Waals surface area contributed by atoms with Crippen LogP contribution in [0.2, 0.25) is 0 Å². The monoisotopic (exact) mass is 171 g/mol. The maximum atomic E-state index is 8.39. The van der Waals surface area contributed by atoms with Gasteiger partial charge in [-0.05, 0) is 26.3 Å². The van der Waals surface area contributed by atoms with Crippen LogP contribution in [-0.4, -0.2) is 35.1 Å². The predicted molar refractivity (Wildman–Crippen MR) is 48.3 cm³/mol. The number of likely N-dealkylation sites (tertiary alicyclic amines) is 1. The molecule has 1 aliphatic heterocycles. The second kappa shape index (κ2) is 4.30. The Bertz CT molecular complexity index is 170. The third-order valence-corrected chi connectivity index (χ3v) is 2.43. The molecule has 12 heavy (non-hydrogen) atoms. The second-order valence-corrected chi connectivity index (χ2v) is 3.41. The van der Waals surface area contributed by atoms with Gasteiger partial charge in [0, 0.05) is 6.04 Å². The molecule has 4 heteroatoms. The van der Waals surface area contributed by atoms with Crippen molar-refractivity contribution in [2.75, 3.05) is 13.1 Å². The Labute approximate surface area is 73.0 Å². The molecule has 0 bridgehead atoms. The first-order valence-electron chi connectivity index (χ1n) is 4.44. The van der Waals surface area contributed by atoms with Crippen LogP contribution < -0.4 is 5.73 Å². The molecule has 0 unspecified atom stereocenters. The van der Waals surface area contributed by atoms with Gasteiger partial charge in [0.05, 0.1) is 6.54 Å². The summed E-state index contributed by atoms with van der Waals surface area (Å²) in [4.78, 5) is 2.25. The van der Waals surface area contributed by atoms with E-state index in [-0.39, 0.29) is 0 Å². The molecule has 0 saturated carbocycles. The molecule has 1 atom stereocenters. The van der Waals surface area contributed by atoms with Crippen molar-refractivity contribution < 1.29 is 5.21 Å². The van der Waals surface area contributed by atoms with E-state index in [0.717, 1.165) is 6.54 Å². The van der Waals surface area contributed by atoms with Gasteiger partial charge in [-0.3, -0.25) is 4.90 Å². The number of oxime groups is 1. The Morgan fingerprint density at radius 3 is 3.00 bits per heavy atom. The molecule has 1 fully saturated rings. The number of amidine groups is 1. The van der Waals surface area contributed by atoms with Gasteiger partial charge in [-0.2, -0.15) is 0 Å². The minimum absolute atomic E-state index is 0.309. The number of nitrogens with zero attached hydrogens (tertiary/aromatic N) is 2. The predicted octanol–water partition coefficient (Wildman–Crippen LogP) is 0.607. The third kappa shape index (κ3) is 2.37. The van der Waals surface area contributed by atoms with Crippen molar-refractivity contribution in [3.8, 4) is 0 Å². The fourth-order valence-electron chi connectivity index (χ4n) is 1.63. The molecule has 0 spiro atoms. The topological polar surface area (TPSA) is 61.8 Å². The van der Waals surface area contributed by atoms with Crippen molar-refractivity contribution in [1.82, 2.24) is 4.90 Å². The summed E-state index contributed by atoms with van der Waals surface area (Å²) in [5.74, 6) is 0.309. The highest BCUT2D eigenvalue weighted by Crippen LogP contribution is 2.15. The second-order valence-electron chi connectivity index (χ2n) is 3.41. The zero-order valence-corrected chi connectivity index (χ0v) is 7.53. The summed E-state index contributed by atoms with van der Waals surface area (Å²) < 4.78 is 0. The van der Waals surface area contributed by atoms with Gasteiger partial charge in [0.2, 0.25) is 0 Å². The highest BCUT2D eigenvalue weighted by Gasteiger charge is 2.18. The minimum Gasteiger partial charge on any atom is -0.409 e. The van der Waals surface area contributed by atoms with Gasteiger partial charge in [0.15, 0.2) is 5.84 Å². The Kier molecular flexibility index (Phi) is 3.34. The van der Waals surface area contributed by atoms with Gasteiger partial charge < -0.3 is 10.9 Å². The Balaban J connectivity index is 2.39. The summed E-state index contributed by atoms with van der Waals surface area (Å²) in [6, 6.07) is 0.569. The van der Waals surface area contributed by atoms with Gasteiger partial charge in [-0.1, -0.05) is 11.6 Å². The van der Waals surface area contributed by atoms with E-state index in [4.69, 9.17) is 10.9 Å². The van der Waals surface area contributed by atoms with Crippen LogP contribution in [-0.2, 0) is 0 Å². The lowest BCUT2D eigenvalue weighted by molar-refractivity contribution is 0.182. The third-order valence-electron chi connectivity index (χ3n) is 2.43. The first-order chi connectivity index (χ1) is 5.74. The fourth-order valence-corrected chi connectivity index (χ4v) is 1.63. The van der Waals surface area contributed by atoms with Crippen LogP contribution in [0.15, 0.2) is 5.16 Å². The van der Waals surface area contributed by atoms with E-state index >= 15 is 0 Å². The lowest BCUT2D eigenvalue weighted by Crippen LogP contribution is -2.42. The molecule has 1 saturated heterocycles. The summed E-state index contributed by atoms with van der Waals surface area (Å²) in [5, 5.41) is 11.4. The van der Waals surface area contributed by atoms with E-state index in [0.29, 0.717) is 18.4 Å².